The van der Waals surface area contributed by atoms with E-state index in [9.17, 15) is 4.39 Å². The van der Waals surface area contributed by atoms with Crippen LogP contribution in [0.4, 0.5) is 4.39 Å². The Hall–Kier alpha value is -3.80. The van der Waals surface area contributed by atoms with Gasteiger partial charge < -0.3 is 9.97 Å². The molecule has 7 rings (SSSR count). The van der Waals surface area contributed by atoms with E-state index in [4.69, 9.17) is 4.98 Å². The Labute approximate surface area is 321 Å². The summed E-state index contributed by atoms with van der Waals surface area (Å²) >= 11 is 1.77. The van der Waals surface area contributed by atoms with Gasteiger partial charge in [-0.25, -0.2) is 4.39 Å². The van der Waals surface area contributed by atoms with Crippen LogP contribution in [0.2, 0.25) is 19.6 Å². The quantitative estimate of drug-likeness (QED) is 0.118. The van der Waals surface area contributed by atoms with Crippen LogP contribution in [0.3, 0.4) is 0 Å². The van der Waals surface area contributed by atoms with Crippen LogP contribution < -0.4 is 5.19 Å². The van der Waals surface area contributed by atoms with Gasteiger partial charge in [-0.1, -0.05) is 94.7 Å². The zero-order valence-corrected chi connectivity index (χ0v) is 34.9. The van der Waals surface area contributed by atoms with E-state index >= 15 is 0 Å². The Bertz CT molecular complexity index is 2250. The van der Waals surface area contributed by atoms with Gasteiger partial charge in [0.05, 0.1) is 8.07 Å². The van der Waals surface area contributed by atoms with Gasteiger partial charge in [0.25, 0.3) is 0 Å². The van der Waals surface area contributed by atoms with Crippen molar-refractivity contribution in [3.63, 3.8) is 0 Å². The first-order valence-electron chi connectivity index (χ1n) is 17.5. The van der Waals surface area contributed by atoms with Gasteiger partial charge >= 0.3 is 0 Å². The van der Waals surface area contributed by atoms with Crippen molar-refractivity contribution in [2.24, 2.45) is 5.92 Å². The molecule has 263 valence electrons. The minimum absolute atomic E-state index is 0. The largest absolute Gasteiger partial charge is 0.305 e. The van der Waals surface area contributed by atoms with Crippen molar-refractivity contribution in [2.75, 3.05) is 0 Å². The fourth-order valence-electron chi connectivity index (χ4n) is 6.53. The Balaban J connectivity index is 0.000000211. The third-order valence-corrected chi connectivity index (χ3v) is 12.3. The number of benzene rings is 4. The fraction of sp³-hybridized carbons (Fsp3) is 0.244. The third kappa shape index (κ3) is 8.81. The molecule has 1 radical (unpaired) electrons. The molecule has 0 spiro atoms. The molecule has 0 saturated carbocycles. The number of hydrogen-bond donors (Lipinski definition) is 0. The van der Waals surface area contributed by atoms with Gasteiger partial charge in [-0.2, -0.15) is 11.3 Å². The molecule has 0 atom stereocenters. The van der Waals surface area contributed by atoms with Gasteiger partial charge in [-0.05, 0) is 92.3 Å². The number of aromatic nitrogens is 2. The molecular formula is C45H45FIrN2SSi-2. The molecule has 2 nitrogen and oxygen atoms in total. The van der Waals surface area contributed by atoms with Crippen LogP contribution in [0.15, 0.2) is 103 Å². The summed E-state index contributed by atoms with van der Waals surface area (Å²) in [6.07, 6.45) is 5.21. The van der Waals surface area contributed by atoms with Gasteiger partial charge in [0.2, 0.25) is 0 Å². The molecule has 7 aromatic rings. The topological polar surface area (TPSA) is 25.8 Å². The molecule has 0 aliphatic carbocycles. The summed E-state index contributed by atoms with van der Waals surface area (Å²) in [7, 11) is -1.34. The summed E-state index contributed by atoms with van der Waals surface area (Å²) in [5, 5.41) is 3.95. The molecular weight excluding hydrogens is 840 g/mol. The zero-order valence-electron chi connectivity index (χ0n) is 30.7. The molecule has 0 saturated heterocycles. The second-order valence-electron chi connectivity index (χ2n) is 14.8. The number of pyridine rings is 2. The molecule has 0 fully saturated rings. The minimum Gasteiger partial charge on any atom is -0.305 e. The van der Waals surface area contributed by atoms with E-state index < -0.39 is 8.07 Å². The molecule has 0 bridgehead atoms. The SMILES string of the molecule is CC(C)Cc1cc(-c2[c-]cccc2)ncc1[Si](C)(C)C.Cc1cnc(-c2[c-]ccc3c2sc2cc(-c4ccc(F)cc4)ccc23)cc1C(C)C.[Ir]. The number of nitrogens with zero attached hydrogens (tertiary/aromatic N) is 2. The van der Waals surface area contributed by atoms with Crippen molar-refractivity contribution >= 4 is 44.8 Å². The molecule has 3 heterocycles. The monoisotopic (exact) mass is 885 g/mol. The average molecular weight is 885 g/mol. The van der Waals surface area contributed by atoms with Crippen molar-refractivity contribution in [2.45, 2.75) is 66.6 Å². The van der Waals surface area contributed by atoms with Crippen LogP contribution in [-0.4, -0.2) is 18.0 Å². The van der Waals surface area contributed by atoms with Gasteiger partial charge in [0.15, 0.2) is 0 Å². The molecule has 0 aliphatic heterocycles. The maximum atomic E-state index is 13.3. The predicted molar refractivity (Wildman–Crippen MR) is 216 cm³/mol. The van der Waals surface area contributed by atoms with Gasteiger partial charge in [0.1, 0.15) is 5.82 Å². The molecule has 0 N–H and O–H groups in total. The number of aryl methyl sites for hydroxylation is 1. The molecule has 51 heavy (non-hydrogen) atoms. The van der Waals surface area contributed by atoms with Crippen molar-refractivity contribution in [3.8, 4) is 33.6 Å². The van der Waals surface area contributed by atoms with E-state index in [1.807, 2.05) is 42.6 Å². The molecule has 0 amide bonds. The first kappa shape index (κ1) is 38.4. The first-order valence-corrected chi connectivity index (χ1v) is 21.8. The summed E-state index contributed by atoms with van der Waals surface area (Å²) in [5.41, 5.74) is 10.3. The van der Waals surface area contributed by atoms with Crippen molar-refractivity contribution in [3.05, 3.63) is 138 Å². The second-order valence-corrected chi connectivity index (χ2v) is 20.9. The first-order chi connectivity index (χ1) is 23.9. The number of thiophene rings is 1. The summed E-state index contributed by atoms with van der Waals surface area (Å²) in [5.74, 6) is 0.903. The number of fused-ring (bicyclic) bond motifs is 3. The average Bonchev–Trinajstić information content (AvgIpc) is 3.47. The molecule has 0 aliphatic rings. The van der Waals surface area contributed by atoms with E-state index in [0.717, 1.165) is 40.1 Å². The van der Waals surface area contributed by atoms with Crippen molar-refractivity contribution in [1.29, 1.82) is 0 Å². The Kier molecular flexibility index (Phi) is 12.2. The summed E-state index contributed by atoms with van der Waals surface area (Å²) < 4.78 is 15.7. The Morgan fingerprint density at radius 3 is 2.16 bits per heavy atom. The van der Waals surface area contributed by atoms with Crippen LogP contribution >= 0.6 is 11.3 Å². The van der Waals surface area contributed by atoms with E-state index in [1.54, 1.807) is 11.3 Å². The predicted octanol–water partition coefficient (Wildman–Crippen LogP) is 12.4. The van der Waals surface area contributed by atoms with Crippen molar-refractivity contribution < 1.29 is 24.5 Å². The maximum absolute atomic E-state index is 13.3. The van der Waals surface area contributed by atoms with E-state index in [1.165, 1.54) is 54.2 Å². The summed E-state index contributed by atoms with van der Waals surface area (Å²) in [6.45, 7) is 18.3. The zero-order chi connectivity index (χ0) is 35.6. The van der Waals surface area contributed by atoms with E-state index in [-0.39, 0.29) is 25.9 Å². The van der Waals surface area contributed by atoms with Gasteiger partial charge in [-0.15, -0.1) is 59.7 Å². The molecule has 0 unspecified atom stereocenters. The van der Waals surface area contributed by atoms with Crippen LogP contribution in [-0.2, 0) is 26.5 Å². The fourth-order valence-corrected chi connectivity index (χ4v) is 9.37. The molecule has 4 aromatic carbocycles. The van der Waals surface area contributed by atoms with Crippen LogP contribution in [0.1, 0.15) is 50.3 Å². The van der Waals surface area contributed by atoms with Gasteiger partial charge in [-0.3, -0.25) is 0 Å². The van der Waals surface area contributed by atoms with Gasteiger partial charge in [0, 0.05) is 37.2 Å². The summed E-state index contributed by atoms with van der Waals surface area (Å²) in [4.78, 5) is 9.41. The Morgan fingerprint density at radius 1 is 0.765 bits per heavy atom. The second kappa shape index (κ2) is 16.3. The van der Waals surface area contributed by atoms with Crippen LogP contribution in [0.5, 0.6) is 0 Å². The summed E-state index contributed by atoms with van der Waals surface area (Å²) in [6, 6.07) is 36.5. The maximum Gasteiger partial charge on any atom is 0.123 e. The third-order valence-electron chi connectivity index (χ3n) is 9.04. The normalized spacial score (nSPS) is 11.5. The Morgan fingerprint density at radius 2 is 1.49 bits per heavy atom. The van der Waals surface area contributed by atoms with Crippen LogP contribution in [0.25, 0.3) is 53.8 Å². The number of halogens is 1. The molecule has 6 heteroatoms. The van der Waals surface area contributed by atoms with E-state index in [0.29, 0.717) is 11.8 Å². The number of rotatable bonds is 7. The smallest absolute Gasteiger partial charge is 0.123 e. The van der Waals surface area contributed by atoms with Crippen LogP contribution in [0, 0.1) is 30.8 Å². The number of hydrogen-bond acceptors (Lipinski definition) is 3. The minimum atomic E-state index is -1.34. The molecule has 3 aromatic heterocycles. The standard InChI is InChI=1S/C27H21FNS.C18H24NSi.Ir/c1-16(2)24-14-25(29-15-17(24)3)23-6-4-5-22-21-12-9-19(13-26(21)30-27(22)23)18-7-10-20(28)11-8-18;1-14(2)11-16-12-17(15-9-7-6-8-10-15)19-13-18(16)20(3,4)5;/h4-5,7-16H,1-3H3;6-9,12-14H,11H2,1-5H3;/q2*-1;. The van der Waals surface area contributed by atoms with E-state index in [2.05, 4.69) is 120 Å². The van der Waals surface area contributed by atoms with Crippen molar-refractivity contribution in [1.82, 2.24) is 9.97 Å².